The highest BCUT2D eigenvalue weighted by atomic mass is 19.3. The van der Waals surface area contributed by atoms with Gasteiger partial charge in [0.1, 0.15) is 11.5 Å². The van der Waals surface area contributed by atoms with Crippen LogP contribution in [0.25, 0.3) is 0 Å². The molecule has 168 valence electrons. The van der Waals surface area contributed by atoms with Crippen LogP contribution in [0.2, 0.25) is 0 Å². The van der Waals surface area contributed by atoms with Gasteiger partial charge in [-0.2, -0.15) is 8.78 Å². The Morgan fingerprint density at radius 2 is 2.00 bits per heavy atom. The summed E-state index contributed by atoms with van der Waals surface area (Å²) in [6.45, 7) is 0.156. The Morgan fingerprint density at radius 1 is 1.23 bits per heavy atom. The van der Waals surface area contributed by atoms with Gasteiger partial charge in [-0.3, -0.25) is 4.79 Å². The number of carbonyl (C=O) groups excluding carboxylic acids is 1. The van der Waals surface area contributed by atoms with Gasteiger partial charge in [0.15, 0.2) is 5.96 Å². The molecule has 1 aliphatic carbocycles. The number of amides is 1. The van der Waals surface area contributed by atoms with Crippen LogP contribution in [0.1, 0.15) is 51.0 Å². The Bertz CT molecular complexity index is 695. The highest BCUT2D eigenvalue weighted by Gasteiger charge is 2.15. The number of methoxy groups -OCH3 is 1. The zero-order valence-corrected chi connectivity index (χ0v) is 17.7. The normalized spacial score (nSPS) is 15.0. The van der Waals surface area contributed by atoms with E-state index in [0.717, 1.165) is 12.8 Å². The number of nitrogens with zero attached hydrogens (tertiary/aromatic N) is 1. The summed E-state index contributed by atoms with van der Waals surface area (Å²) in [6.07, 6.45) is 6.01. The number of halogens is 2. The van der Waals surface area contributed by atoms with Crippen LogP contribution >= 0.6 is 0 Å². The third-order valence-electron chi connectivity index (χ3n) is 4.85. The van der Waals surface area contributed by atoms with Crippen LogP contribution in [0.3, 0.4) is 0 Å². The van der Waals surface area contributed by atoms with Crippen molar-refractivity contribution < 1.29 is 23.0 Å². The summed E-state index contributed by atoms with van der Waals surface area (Å²) < 4.78 is 35.0. The summed E-state index contributed by atoms with van der Waals surface area (Å²) in [4.78, 5) is 16.6. The van der Waals surface area contributed by atoms with Crippen LogP contribution in [0.5, 0.6) is 11.5 Å². The van der Waals surface area contributed by atoms with E-state index in [1.54, 1.807) is 12.1 Å². The SMILES string of the molecule is CCNC(=NCc1cc(OC)ccc1OC(F)F)NCCC(=O)NC1CCCCC1. The molecule has 1 fully saturated rings. The molecular weight excluding hydrogens is 394 g/mol. The molecule has 9 heteroatoms. The van der Waals surface area contributed by atoms with Crippen molar-refractivity contribution in [2.75, 3.05) is 20.2 Å². The Kier molecular flexibility index (Phi) is 10.2. The van der Waals surface area contributed by atoms with Gasteiger partial charge < -0.3 is 25.4 Å². The molecule has 0 aromatic heterocycles. The molecule has 7 nitrogen and oxygen atoms in total. The van der Waals surface area contributed by atoms with Crippen LogP contribution in [-0.2, 0) is 11.3 Å². The fourth-order valence-corrected chi connectivity index (χ4v) is 3.36. The van der Waals surface area contributed by atoms with E-state index < -0.39 is 6.61 Å². The first-order chi connectivity index (χ1) is 14.5. The Labute approximate surface area is 176 Å². The maximum absolute atomic E-state index is 12.7. The topological polar surface area (TPSA) is 84.0 Å². The zero-order chi connectivity index (χ0) is 21.8. The number of ether oxygens (including phenoxy) is 2. The molecule has 0 heterocycles. The van der Waals surface area contributed by atoms with Crippen molar-refractivity contribution in [3.05, 3.63) is 23.8 Å². The van der Waals surface area contributed by atoms with Crippen molar-refractivity contribution in [1.82, 2.24) is 16.0 Å². The van der Waals surface area contributed by atoms with E-state index in [9.17, 15) is 13.6 Å². The largest absolute Gasteiger partial charge is 0.497 e. The van der Waals surface area contributed by atoms with Crippen molar-refractivity contribution in [1.29, 1.82) is 0 Å². The molecule has 2 rings (SSSR count). The van der Waals surface area contributed by atoms with Gasteiger partial charge in [-0.1, -0.05) is 19.3 Å². The fourth-order valence-electron chi connectivity index (χ4n) is 3.36. The lowest BCUT2D eigenvalue weighted by Gasteiger charge is -2.22. The maximum atomic E-state index is 12.7. The van der Waals surface area contributed by atoms with Gasteiger partial charge in [0.2, 0.25) is 5.91 Å². The number of alkyl halides is 2. The van der Waals surface area contributed by atoms with Crippen molar-refractivity contribution in [2.24, 2.45) is 4.99 Å². The number of benzene rings is 1. The lowest BCUT2D eigenvalue weighted by Crippen LogP contribution is -2.41. The first-order valence-corrected chi connectivity index (χ1v) is 10.4. The maximum Gasteiger partial charge on any atom is 0.387 e. The van der Waals surface area contributed by atoms with E-state index in [2.05, 4.69) is 25.7 Å². The summed E-state index contributed by atoms with van der Waals surface area (Å²) in [5.74, 6) is 1.09. The van der Waals surface area contributed by atoms with Gasteiger partial charge in [0.05, 0.1) is 13.7 Å². The van der Waals surface area contributed by atoms with E-state index in [0.29, 0.717) is 36.8 Å². The van der Waals surface area contributed by atoms with Gasteiger partial charge in [-0.25, -0.2) is 4.99 Å². The second kappa shape index (κ2) is 12.9. The number of aliphatic imine (C=N–C) groups is 1. The molecule has 1 amide bonds. The molecule has 0 spiro atoms. The van der Waals surface area contributed by atoms with Gasteiger partial charge in [-0.05, 0) is 38.0 Å². The highest BCUT2D eigenvalue weighted by Crippen LogP contribution is 2.26. The summed E-state index contributed by atoms with van der Waals surface area (Å²) in [6, 6.07) is 4.89. The van der Waals surface area contributed by atoms with Crippen molar-refractivity contribution in [2.45, 2.75) is 64.6 Å². The van der Waals surface area contributed by atoms with E-state index >= 15 is 0 Å². The van der Waals surface area contributed by atoms with Gasteiger partial charge in [0, 0.05) is 31.1 Å². The monoisotopic (exact) mass is 426 g/mol. The predicted octanol–water partition coefficient (Wildman–Crippen LogP) is 3.19. The number of hydrogen-bond donors (Lipinski definition) is 3. The molecule has 0 atom stereocenters. The van der Waals surface area contributed by atoms with Crippen LogP contribution < -0.4 is 25.4 Å². The summed E-state index contributed by atoms with van der Waals surface area (Å²) in [5, 5.41) is 9.27. The summed E-state index contributed by atoms with van der Waals surface area (Å²) in [5.41, 5.74) is 0.474. The predicted molar refractivity (Wildman–Crippen MR) is 112 cm³/mol. The van der Waals surface area contributed by atoms with Crippen LogP contribution in [0.4, 0.5) is 8.78 Å². The molecule has 1 aliphatic rings. The molecule has 0 bridgehead atoms. The molecular formula is C21H32F2N4O3. The standard InChI is InChI=1S/C21H32F2N4O3/c1-3-24-21(25-12-11-19(28)27-16-7-5-4-6-8-16)26-14-15-13-17(29-2)9-10-18(15)30-20(22)23/h9-10,13,16,20H,3-8,11-12,14H2,1-2H3,(H,27,28)(H2,24,25,26). The third-order valence-corrected chi connectivity index (χ3v) is 4.85. The minimum absolute atomic E-state index is 0.0191. The van der Waals surface area contributed by atoms with Gasteiger partial charge in [0.25, 0.3) is 0 Å². The fraction of sp³-hybridized carbons (Fsp3) is 0.619. The summed E-state index contributed by atoms with van der Waals surface area (Å²) in [7, 11) is 1.50. The first kappa shape index (κ1) is 23.7. The van der Waals surface area contributed by atoms with Crippen LogP contribution in [-0.4, -0.2) is 44.7 Å². The molecule has 1 aromatic rings. The van der Waals surface area contributed by atoms with E-state index in [1.165, 1.54) is 32.4 Å². The minimum atomic E-state index is -2.92. The van der Waals surface area contributed by atoms with Gasteiger partial charge >= 0.3 is 6.61 Å². The van der Waals surface area contributed by atoms with Gasteiger partial charge in [-0.15, -0.1) is 0 Å². The molecule has 3 N–H and O–H groups in total. The Hall–Kier alpha value is -2.58. The molecule has 1 aromatic carbocycles. The number of guanidine groups is 1. The van der Waals surface area contributed by atoms with E-state index in [1.807, 2.05) is 6.92 Å². The average molecular weight is 427 g/mol. The lowest BCUT2D eigenvalue weighted by atomic mass is 9.95. The lowest BCUT2D eigenvalue weighted by molar-refractivity contribution is -0.121. The van der Waals surface area contributed by atoms with Crippen LogP contribution in [0.15, 0.2) is 23.2 Å². The molecule has 1 saturated carbocycles. The second-order valence-electron chi connectivity index (χ2n) is 7.13. The van der Waals surface area contributed by atoms with Crippen molar-refractivity contribution >= 4 is 11.9 Å². The van der Waals surface area contributed by atoms with Crippen LogP contribution in [0, 0.1) is 0 Å². The molecule has 30 heavy (non-hydrogen) atoms. The summed E-state index contributed by atoms with van der Waals surface area (Å²) >= 11 is 0. The van der Waals surface area contributed by atoms with Crippen molar-refractivity contribution in [3.8, 4) is 11.5 Å². The van der Waals surface area contributed by atoms with E-state index in [4.69, 9.17) is 4.74 Å². The molecule has 0 unspecified atom stereocenters. The molecule has 0 aliphatic heterocycles. The number of carbonyl (C=O) groups is 1. The second-order valence-corrected chi connectivity index (χ2v) is 7.13. The number of hydrogen-bond acceptors (Lipinski definition) is 4. The van der Waals surface area contributed by atoms with E-state index in [-0.39, 0.29) is 24.2 Å². The Balaban J connectivity index is 1.91. The average Bonchev–Trinajstić information content (AvgIpc) is 2.73. The smallest absolute Gasteiger partial charge is 0.387 e. The molecule has 0 radical (unpaired) electrons. The first-order valence-electron chi connectivity index (χ1n) is 10.4. The third kappa shape index (κ3) is 8.42. The zero-order valence-electron chi connectivity index (χ0n) is 17.7. The number of nitrogens with one attached hydrogen (secondary N) is 3. The minimum Gasteiger partial charge on any atom is -0.497 e. The van der Waals surface area contributed by atoms with Crippen molar-refractivity contribution in [3.63, 3.8) is 0 Å². The Morgan fingerprint density at radius 3 is 2.67 bits per heavy atom. The quantitative estimate of drug-likeness (QED) is 0.395. The number of rotatable bonds is 10. The molecule has 0 saturated heterocycles. The highest BCUT2D eigenvalue weighted by molar-refractivity contribution is 5.81.